The monoisotopic (exact) mass is 328 g/mol. The number of carbonyl (C=O) groups is 1. The van der Waals surface area contributed by atoms with Crippen LogP contribution in [0, 0.1) is 0 Å². The van der Waals surface area contributed by atoms with E-state index in [-0.39, 0.29) is 5.91 Å². The minimum atomic E-state index is -0.139. The Morgan fingerprint density at radius 3 is 2.70 bits per heavy atom. The first kappa shape index (κ1) is 15.2. The standard InChI is InChI=1S/C14H14Cl2N2OS/c1-17-12-4-2-9(15)8-11(12)14(19)18-7-6-10-3-5-13(16)20-10/h2-5,8,17H,6-7H2,1H3,(H,18,19). The van der Waals surface area contributed by atoms with Gasteiger partial charge < -0.3 is 10.6 Å². The molecule has 106 valence electrons. The highest BCUT2D eigenvalue weighted by molar-refractivity contribution is 7.16. The van der Waals surface area contributed by atoms with Crippen LogP contribution in [0.2, 0.25) is 9.36 Å². The number of halogens is 2. The van der Waals surface area contributed by atoms with Gasteiger partial charge in [-0.05, 0) is 36.8 Å². The van der Waals surface area contributed by atoms with Gasteiger partial charge in [-0.1, -0.05) is 23.2 Å². The Morgan fingerprint density at radius 2 is 2.05 bits per heavy atom. The molecule has 0 unspecified atom stereocenters. The summed E-state index contributed by atoms with van der Waals surface area (Å²) in [7, 11) is 1.77. The maximum Gasteiger partial charge on any atom is 0.253 e. The number of hydrogen-bond donors (Lipinski definition) is 2. The molecule has 0 aliphatic heterocycles. The first-order chi connectivity index (χ1) is 9.60. The molecule has 0 atom stereocenters. The Hall–Kier alpha value is -1.23. The number of thiophene rings is 1. The molecule has 20 heavy (non-hydrogen) atoms. The number of nitrogens with one attached hydrogen (secondary N) is 2. The Kier molecular flexibility index (Phi) is 5.29. The van der Waals surface area contributed by atoms with Gasteiger partial charge in [0.1, 0.15) is 0 Å². The summed E-state index contributed by atoms with van der Waals surface area (Å²) in [5.74, 6) is -0.139. The molecule has 2 rings (SSSR count). The first-order valence-electron chi connectivity index (χ1n) is 6.10. The summed E-state index contributed by atoms with van der Waals surface area (Å²) >= 11 is 13.3. The van der Waals surface area contributed by atoms with Crippen LogP contribution in [0.15, 0.2) is 30.3 Å². The summed E-state index contributed by atoms with van der Waals surface area (Å²) < 4.78 is 0.763. The molecular formula is C14H14Cl2N2OS. The molecule has 0 bridgehead atoms. The number of rotatable bonds is 5. The molecule has 1 amide bonds. The lowest BCUT2D eigenvalue weighted by atomic mass is 10.1. The zero-order valence-corrected chi connectivity index (χ0v) is 13.2. The van der Waals surface area contributed by atoms with E-state index in [2.05, 4.69) is 10.6 Å². The Morgan fingerprint density at radius 1 is 1.25 bits per heavy atom. The van der Waals surface area contributed by atoms with Crippen LogP contribution >= 0.6 is 34.5 Å². The van der Waals surface area contributed by atoms with Crippen LogP contribution in [0.5, 0.6) is 0 Å². The van der Waals surface area contributed by atoms with E-state index in [4.69, 9.17) is 23.2 Å². The summed E-state index contributed by atoms with van der Waals surface area (Å²) in [6.07, 6.45) is 0.762. The van der Waals surface area contributed by atoms with Crippen molar-refractivity contribution in [3.05, 3.63) is 50.1 Å². The second-order valence-corrected chi connectivity index (χ2v) is 6.39. The number of hydrogen-bond acceptors (Lipinski definition) is 3. The SMILES string of the molecule is CNc1ccc(Cl)cc1C(=O)NCCc1ccc(Cl)s1. The highest BCUT2D eigenvalue weighted by atomic mass is 35.5. The molecule has 0 aliphatic carbocycles. The maximum absolute atomic E-state index is 12.1. The molecule has 0 radical (unpaired) electrons. The van der Waals surface area contributed by atoms with Crippen molar-refractivity contribution in [1.82, 2.24) is 5.32 Å². The molecule has 0 spiro atoms. The van der Waals surface area contributed by atoms with Gasteiger partial charge in [-0.3, -0.25) is 4.79 Å². The highest BCUT2D eigenvalue weighted by Crippen LogP contribution is 2.22. The van der Waals surface area contributed by atoms with E-state index in [1.165, 1.54) is 11.3 Å². The molecule has 0 fully saturated rings. The van der Waals surface area contributed by atoms with Gasteiger partial charge in [0.2, 0.25) is 0 Å². The Labute approximate surface area is 131 Å². The van der Waals surface area contributed by atoms with Gasteiger partial charge in [-0.15, -0.1) is 11.3 Å². The van der Waals surface area contributed by atoms with Crippen LogP contribution in [0.3, 0.4) is 0 Å². The van der Waals surface area contributed by atoms with Crippen LogP contribution in [0.1, 0.15) is 15.2 Å². The molecule has 3 nitrogen and oxygen atoms in total. The van der Waals surface area contributed by atoms with Gasteiger partial charge in [0, 0.05) is 29.2 Å². The predicted molar refractivity (Wildman–Crippen MR) is 86.4 cm³/mol. The van der Waals surface area contributed by atoms with Crippen LogP contribution in [0.4, 0.5) is 5.69 Å². The lowest BCUT2D eigenvalue weighted by molar-refractivity contribution is 0.0955. The molecule has 0 saturated carbocycles. The van der Waals surface area contributed by atoms with E-state index in [1.807, 2.05) is 12.1 Å². The number of amides is 1. The summed E-state index contributed by atoms with van der Waals surface area (Å²) in [5, 5.41) is 6.41. The summed E-state index contributed by atoms with van der Waals surface area (Å²) in [6.45, 7) is 0.561. The molecule has 0 saturated heterocycles. The van der Waals surface area contributed by atoms with Crippen molar-refractivity contribution in [3.63, 3.8) is 0 Å². The number of carbonyl (C=O) groups excluding carboxylic acids is 1. The lowest BCUT2D eigenvalue weighted by Crippen LogP contribution is -2.26. The van der Waals surface area contributed by atoms with Gasteiger partial charge in [-0.25, -0.2) is 0 Å². The molecule has 2 N–H and O–H groups in total. The molecule has 1 aromatic carbocycles. The van der Waals surface area contributed by atoms with E-state index >= 15 is 0 Å². The first-order valence-corrected chi connectivity index (χ1v) is 7.67. The van der Waals surface area contributed by atoms with E-state index in [1.54, 1.807) is 25.2 Å². The van der Waals surface area contributed by atoms with Gasteiger partial charge in [0.25, 0.3) is 5.91 Å². The largest absolute Gasteiger partial charge is 0.387 e. The van der Waals surface area contributed by atoms with Crippen molar-refractivity contribution in [3.8, 4) is 0 Å². The van der Waals surface area contributed by atoms with Crippen molar-refractivity contribution >= 4 is 46.1 Å². The fourth-order valence-electron chi connectivity index (χ4n) is 1.80. The van der Waals surface area contributed by atoms with Crippen LogP contribution in [-0.4, -0.2) is 19.5 Å². The Bertz CT molecular complexity index is 613. The molecule has 2 aromatic rings. The zero-order chi connectivity index (χ0) is 14.5. The van der Waals surface area contributed by atoms with E-state index in [0.29, 0.717) is 17.1 Å². The molecule has 6 heteroatoms. The third-order valence-corrected chi connectivity index (χ3v) is 4.31. The highest BCUT2D eigenvalue weighted by Gasteiger charge is 2.11. The van der Waals surface area contributed by atoms with E-state index in [0.717, 1.165) is 21.3 Å². The topological polar surface area (TPSA) is 41.1 Å². The quantitative estimate of drug-likeness (QED) is 0.868. The smallest absolute Gasteiger partial charge is 0.253 e. The second-order valence-electron chi connectivity index (χ2n) is 4.15. The number of benzene rings is 1. The van der Waals surface area contributed by atoms with E-state index in [9.17, 15) is 4.79 Å². The molecule has 1 aromatic heterocycles. The predicted octanol–water partition coefficient (Wildman–Crippen LogP) is 4.07. The molecular weight excluding hydrogens is 315 g/mol. The average Bonchev–Trinajstić information content (AvgIpc) is 2.84. The van der Waals surface area contributed by atoms with Crippen LogP contribution < -0.4 is 10.6 Å². The third-order valence-electron chi connectivity index (χ3n) is 2.78. The zero-order valence-electron chi connectivity index (χ0n) is 10.9. The van der Waals surface area contributed by atoms with E-state index < -0.39 is 0 Å². The Balaban J connectivity index is 1.96. The van der Waals surface area contributed by atoms with Crippen LogP contribution in [0.25, 0.3) is 0 Å². The van der Waals surface area contributed by atoms with Gasteiger partial charge in [-0.2, -0.15) is 0 Å². The maximum atomic E-state index is 12.1. The van der Waals surface area contributed by atoms with Gasteiger partial charge in [0.15, 0.2) is 0 Å². The summed E-state index contributed by atoms with van der Waals surface area (Å²) in [4.78, 5) is 13.3. The van der Waals surface area contributed by atoms with Gasteiger partial charge >= 0.3 is 0 Å². The minimum absolute atomic E-state index is 0.139. The molecule has 0 aliphatic rings. The molecule has 1 heterocycles. The fourth-order valence-corrected chi connectivity index (χ4v) is 3.06. The normalized spacial score (nSPS) is 10.3. The van der Waals surface area contributed by atoms with Gasteiger partial charge in [0.05, 0.1) is 9.90 Å². The third kappa shape index (κ3) is 3.88. The van der Waals surface area contributed by atoms with Crippen molar-refractivity contribution in [2.45, 2.75) is 6.42 Å². The van der Waals surface area contributed by atoms with Crippen LogP contribution in [-0.2, 0) is 6.42 Å². The van der Waals surface area contributed by atoms with Crippen molar-refractivity contribution in [2.24, 2.45) is 0 Å². The second kappa shape index (κ2) is 6.97. The fraction of sp³-hybridized carbons (Fsp3) is 0.214. The van der Waals surface area contributed by atoms with Crippen molar-refractivity contribution < 1.29 is 4.79 Å². The van der Waals surface area contributed by atoms with Crippen molar-refractivity contribution in [2.75, 3.05) is 18.9 Å². The van der Waals surface area contributed by atoms with Crippen molar-refractivity contribution in [1.29, 1.82) is 0 Å². The summed E-state index contributed by atoms with van der Waals surface area (Å²) in [6, 6.07) is 9.02. The minimum Gasteiger partial charge on any atom is -0.387 e. The summed E-state index contributed by atoms with van der Waals surface area (Å²) in [5.41, 5.74) is 1.30. The lowest BCUT2D eigenvalue weighted by Gasteiger charge is -2.10. The number of anilines is 1. The average molecular weight is 329 g/mol.